The number of fused-ring (bicyclic) bond motifs is 8. The van der Waals surface area contributed by atoms with E-state index in [1.807, 2.05) is 43.6 Å². The fraction of sp³-hybridized carbons (Fsp3) is 0.434. The number of hydrogen-bond acceptors (Lipinski definition) is 12. The van der Waals surface area contributed by atoms with Crippen LogP contribution in [0, 0.1) is 17.9 Å². The lowest BCUT2D eigenvalue weighted by molar-refractivity contribution is -0.328. The lowest BCUT2D eigenvalue weighted by atomic mass is 9.64. The van der Waals surface area contributed by atoms with E-state index in [0.29, 0.717) is 35.8 Å². The summed E-state index contributed by atoms with van der Waals surface area (Å²) in [6.45, 7) is -0.647. The van der Waals surface area contributed by atoms with Gasteiger partial charge < -0.3 is 59.3 Å². The Kier molecular flexibility index (Phi) is 10.2. The molecule has 5 aromatic rings. The van der Waals surface area contributed by atoms with Crippen molar-refractivity contribution in [1.82, 2.24) is 15.2 Å². The van der Waals surface area contributed by atoms with E-state index in [9.17, 15) is 25.2 Å². The number of aromatic nitrogens is 1. The summed E-state index contributed by atoms with van der Waals surface area (Å²) in [5.41, 5.74) is 5.53. The molecular weight excluding hydrogens is 855 g/mol. The van der Waals surface area contributed by atoms with Gasteiger partial charge in [0.2, 0.25) is 6.29 Å². The van der Waals surface area contributed by atoms with Gasteiger partial charge >= 0.3 is 0 Å². The molecule has 8 bridgehead atoms. The number of phenols is 1. The number of H-pyrrole nitrogens is 1. The molecule has 4 aliphatic heterocycles. The van der Waals surface area contributed by atoms with Gasteiger partial charge in [0.15, 0.2) is 17.5 Å². The quantitative estimate of drug-likeness (QED) is 0.117. The molecule has 1 aromatic heterocycles. The van der Waals surface area contributed by atoms with Crippen LogP contribution < -0.4 is 14.8 Å². The highest BCUT2D eigenvalue weighted by molar-refractivity contribution is 6.14. The molecule has 6 N–H and O–H groups in total. The van der Waals surface area contributed by atoms with Gasteiger partial charge in [-0.15, -0.1) is 0 Å². The number of aliphatic hydroxyl groups excluding tert-OH is 2. The maximum Gasteiger partial charge on any atom is 0.254 e. The number of nitrogens with zero attached hydrogens (tertiary/aromatic N) is 1. The molecule has 14 heteroatoms. The third-order valence-corrected chi connectivity index (χ3v) is 15.8. The van der Waals surface area contributed by atoms with Crippen LogP contribution in [0.4, 0.5) is 0 Å². The maximum absolute atomic E-state index is 15.3. The van der Waals surface area contributed by atoms with E-state index in [2.05, 4.69) is 28.4 Å². The van der Waals surface area contributed by atoms with Gasteiger partial charge in [-0.2, -0.15) is 0 Å². The molecule has 9 atom stereocenters. The van der Waals surface area contributed by atoms with Crippen molar-refractivity contribution in [3.8, 4) is 29.3 Å². The Morgan fingerprint density at radius 2 is 1.96 bits per heavy atom. The minimum atomic E-state index is -2.44. The van der Waals surface area contributed by atoms with Crippen molar-refractivity contribution in [2.24, 2.45) is 5.92 Å². The Morgan fingerprint density at radius 1 is 1.07 bits per heavy atom. The van der Waals surface area contributed by atoms with Crippen LogP contribution in [-0.4, -0.2) is 106 Å². The van der Waals surface area contributed by atoms with Gasteiger partial charge in [-0.3, -0.25) is 9.59 Å². The van der Waals surface area contributed by atoms with Crippen molar-refractivity contribution < 1.29 is 53.7 Å². The number of ether oxygens (including phenoxy) is 5. The molecule has 1 saturated carbocycles. The molecule has 0 unspecified atom stereocenters. The Bertz CT molecular complexity index is 3000. The number of carbonyl (C=O) groups is 2. The zero-order chi connectivity index (χ0) is 45.9. The van der Waals surface area contributed by atoms with Gasteiger partial charge in [0, 0.05) is 53.3 Å². The van der Waals surface area contributed by atoms with E-state index in [1.54, 1.807) is 24.1 Å². The number of carbonyl (C=O) groups excluding carboxylic acids is 2. The Balaban J connectivity index is 1.15. The highest BCUT2D eigenvalue weighted by Crippen LogP contribution is 2.62. The summed E-state index contributed by atoms with van der Waals surface area (Å²) >= 11 is 0. The Labute approximate surface area is 386 Å². The van der Waals surface area contributed by atoms with E-state index in [4.69, 9.17) is 23.7 Å². The van der Waals surface area contributed by atoms with Gasteiger partial charge in [0.25, 0.3) is 5.91 Å². The first-order valence-corrected chi connectivity index (χ1v) is 23.5. The molecule has 5 heterocycles. The summed E-state index contributed by atoms with van der Waals surface area (Å²) in [5, 5.41) is 54.3. The van der Waals surface area contributed by atoms with Crippen LogP contribution in [0.5, 0.6) is 17.2 Å². The lowest BCUT2D eigenvalue weighted by Gasteiger charge is -2.48. The number of aliphatic hydroxyl groups is 3. The molecule has 3 aliphatic carbocycles. The number of rotatable bonds is 5. The Morgan fingerprint density at radius 3 is 2.79 bits per heavy atom. The average Bonchev–Trinajstić information content (AvgIpc) is 4.06. The summed E-state index contributed by atoms with van der Waals surface area (Å²) < 4.78 is 32.8. The van der Waals surface area contributed by atoms with Crippen LogP contribution in [0.15, 0.2) is 48.7 Å². The number of nitrogens with one attached hydrogen (secondary N) is 2. The van der Waals surface area contributed by atoms with Crippen LogP contribution in [0.2, 0.25) is 0 Å². The SMILES string of the molecule is CNCc1ccc2[nH]cc([C@H]3/C=C/c4c(OC)c5c6c7c(c8c(O)c6c4O[C@H]4O[C@H](CO3)[C@@H](O)[C@H](OC#CCc3cccc6c3CN(CC8=O)C6=O)[C@]4(O)CO)[C@H]3CCC[C@H]3C[C@H]7CC5)c2c1. The number of benzene rings is 4. The van der Waals surface area contributed by atoms with Crippen LogP contribution in [0.1, 0.15) is 115 Å². The minimum absolute atomic E-state index is 0.0222. The van der Waals surface area contributed by atoms with Crippen molar-refractivity contribution in [3.63, 3.8) is 0 Å². The zero-order valence-corrected chi connectivity index (χ0v) is 37.4. The molecule has 14 nitrogen and oxygen atoms in total. The molecule has 4 aromatic carbocycles. The predicted molar refractivity (Wildman–Crippen MR) is 246 cm³/mol. The number of amides is 1. The highest BCUT2D eigenvalue weighted by atomic mass is 16.7. The number of aryl methyl sites for hydroxylation is 1. The van der Waals surface area contributed by atoms with Gasteiger partial charge in [-0.05, 0) is 114 Å². The standard InChI is InChI=1S/C53H53N3O11/c1-54-20-26-11-15-37-34(18-26)35(21-55-37)39-16-14-33-48(63-2)32-13-12-29-19-28-7-4-9-30(28)42-41(29)43(32)45-47(60)44(42)38(58)23-56-22-36-27(6-3-10-31(36)51(56)61)8-5-17-64-50-46(59)40(24-65-39)66-52(67-49(33)45)53(50,62)25-57/h3,6,10-11,14-16,18,21,28-30,39-40,46,50,52,54-55,57,59-60,62H,4,7-9,12-13,19-20,22-25H2,1-2H3/b16-14+/t28-,29+,30-,39+,40+,46+,50-,52+,53+/m0/s1. The second-order valence-corrected chi connectivity index (χ2v) is 19.4. The maximum atomic E-state index is 15.3. The fourth-order valence-electron chi connectivity index (χ4n) is 12.7. The molecule has 67 heavy (non-hydrogen) atoms. The highest BCUT2D eigenvalue weighted by Gasteiger charge is 2.59. The Hall–Kier alpha value is -5.92. The van der Waals surface area contributed by atoms with Crippen molar-refractivity contribution in [3.05, 3.63) is 104 Å². The molecule has 7 aliphatic rings. The summed E-state index contributed by atoms with van der Waals surface area (Å²) in [5.74, 6) is 2.99. The topological polar surface area (TPSA) is 192 Å². The third-order valence-electron chi connectivity index (χ3n) is 15.8. The van der Waals surface area contributed by atoms with Gasteiger partial charge in [0.05, 0.1) is 43.4 Å². The van der Waals surface area contributed by atoms with E-state index < -0.39 is 42.9 Å². The predicted octanol–water partition coefficient (Wildman–Crippen LogP) is 5.79. The number of Topliss-reactive ketones (excluding diaryl/α,β-unsaturated/α-hetero) is 1. The zero-order valence-electron chi connectivity index (χ0n) is 37.4. The molecule has 1 amide bonds. The lowest BCUT2D eigenvalue weighted by Crippen LogP contribution is -2.70. The minimum Gasteiger partial charge on any atom is -0.506 e. The average molecular weight is 908 g/mol. The number of phenolic OH excluding ortho intramolecular Hbond substituents is 1. The van der Waals surface area contributed by atoms with Gasteiger partial charge in [-0.25, -0.2) is 0 Å². The largest absolute Gasteiger partial charge is 0.506 e. The second kappa shape index (κ2) is 16.1. The van der Waals surface area contributed by atoms with Gasteiger partial charge in [0.1, 0.15) is 41.7 Å². The molecule has 0 radical (unpaired) electrons. The molecule has 0 spiro atoms. The summed E-state index contributed by atoms with van der Waals surface area (Å²) in [6.07, 6.45) is 6.74. The van der Waals surface area contributed by atoms with Crippen LogP contribution >= 0.6 is 0 Å². The molecule has 346 valence electrons. The van der Waals surface area contributed by atoms with E-state index in [-0.39, 0.29) is 72.1 Å². The number of aromatic amines is 1. The van der Waals surface area contributed by atoms with E-state index in [0.717, 1.165) is 87.3 Å². The smallest absolute Gasteiger partial charge is 0.254 e. The van der Waals surface area contributed by atoms with Crippen molar-refractivity contribution in [2.75, 3.05) is 33.9 Å². The summed E-state index contributed by atoms with van der Waals surface area (Å²) in [4.78, 5) is 34.4. The number of methoxy groups -OCH3 is 1. The van der Waals surface area contributed by atoms with Crippen molar-refractivity contribution in [1.29, 1.82) is 0 Å². The third kappa shape index (κ3) is 6.39. The normalized spacial score (nSPS) is 29.8. The van der Waals surface area contributed by atoms with Crippen LogP contribution in [0.25, 0.3) is 27.8 Å². The van der Waals surface area contributed by atoms with Crippen LogP contribution in [0.3, 0.4) is 0 Å². The molecule has 1 saturated heterocycles. The first kappa shape index (κ1) is 42.4. The monoisotopic (exact) mass is 907 g/mol. The molecule has 2 fully saturated rings. The number of hydrogen-bond donors (Lipinski definition) is 6. The van der Waals surface area contributed by atoms with E-state index >= 15 is 4.79 Å². The number of ketones is 1. The van der Waals surface area contributed by atoms with Crippen LogP contribution in [-0.2, 0) is 40.1 Å². The first-order valence-electron chi connectivity index (χ1n) is 23.5. The molecule has 12 rings (SSSR count). The van der Waals surface area contributed by atoms with E-state index in [1.165, 1.54) is 0 Å². The number of aromatic hydroxyl groups is 1. The van der Waals surface area contributed by atoms with Crippen molar-refractivity contribution in [2.45, 2.75) is 106 Å². The summed E-state index contributed by atoms with van der Waals surface area (Å²) in [6, 6.07) is 11.5. The second-order valence-electron chi connectivity index (χ2n) is 19.4. The van der Waals surface area contributed by atoms with Crippen molar-refractivity contribution >= 4 is 39.4 Å². The van der Waals surface area contributed by atoms with Gasteiger partial charge in [-0.1, -0.05) is 36.6 Å². The molecular formula is C53H53N3O11. The fourth-order valence-corrected chi connectivity index (χ4v) is 12.7. The summed E-state index contributed by atoms with van der Waals surface area (Å²) in [7, 11) is 3.48. The first-order chi connectivity index (χ1) is 32.6.